The molecule has 11 heavy (non-hydrogen) atoms. The molecule has 0 spiro atoms. The molecule has 0 aliphatic rings. The topological polar surface area (TPSA) is 80.9 Å². The first-order valence-corrected chi connectivity index (χ1v) is 2.15. The van der Waals surface area contributed by atoms with Crippen molar-refractivity contribution in [1.82, 2.24) is 0 Å². The lowest BCUT2D eigenvalue weighted by molar-refractivity contribution is -0.485. The molecule has 0 heterocycles. The van der Waals surface area contributed by atoms with Gasteiger partial charge in [-0.15, -0.1) is 0 Å². The summed E-state index contributed by atoms with van der Waals surface area (Å²) >= 11 is 0. The first kappa shape index (κ1) is 10.6. The van der Waals surface area contributed by atoms with Crippen LogP contribution in [0.4, 0.5) is 17.6 Å². The first-order valence-electron chi connectivity index (χ1n) is 2.15. The fourth-order valence-electron chi connectivity index (χ4n) is 0.190. The molecule has 0 aromatic carbocycles. The lowest BCUT2D eigenvalue weighted by Gasteiger charge is -2.28. The minimum Gasteiger partial charge on any atom is -0.349 e. The average Bonchev–Trinajstić information content (AvgIpc) is 1.58. The van der Waals surface area contributed by atoms with Crippen LogP contribution in [-0.2, 0) is 0 Å². The second-order valence-corrected chi connectivity index (χ2v) is 1.76. The van der Waals surface area contributed by atoms with Crippen LogP contribution in [0, 0.1) is 0 Å². The van der Waals surface area contributed by atoms with Crippen LogP contribution >= 0.6 is 0 Å². The van der Waals surface area contributed by atoms with Crippen LogP contribution in [0.2, 0.25) is 0 Å². The normalized spacial score (nSPS) is 19.6. The maximum absolute atomic E-state index is 11.8. The third-order valence-corrected chi connectivity index (χ3v) is 0.820. The van der Waals surface area contributed by atoms with E-state index in [0.717, 1.165) is 0 Å². The van der Waals surface area contributed by atoms with Crippen molar-refractivity contribution in [3.05, 3.63) is 0 Å². The lowest BCUT2D eigenvalue weighted by Crippen LogP contribution is -2.60. The number of alkyl halides is 4. The average molecular weight is 180 g/mol. The molecular formula is C3H4F4O4. The number of rotatable bonds is 1. The highest BCUT2D eigenvalue weighted by Gasteiger charge is 2.68. The van der Waals surface area contributed by atoms with Crippen LogP contribution in [0.15, 0.2) is 0 Å². The van der Waals surface area contributed by atoms with E-state index in [9.17, 15) is 17.6 Å². The van der Waals surface area contributed by atoms with Crippen LogP contribution in [0.5, 0.6) is 0 Å². The molecule has 0 amide bonds. The molecule has 0 rings (SSSR count). The van der Waals surface area contributed by atoms with Gasteiger partial charge in [-0.25, -0.2) is 0 Å². The summed E-state index contributed by atoms with van der Waals surface area (Å²) in [6, 6.07) is 0. The fourth-order valence-corrected chi connectivity index (χ4v) is 0.190. The van der Waals surface area contributed by atoms with Crippen molar-refractivity contribution >= 4 is 0 Å². The van der Waals surface area contributed by atoms with Gasteiger partial charge in [-0.05, 0) is 0 Å². The van der Waals surface area contributed by atoms with Crippen molar-refractivity contribution in [2.45, 2.75) is 18.0 Å². The highest BCUT2D eigenvalue weighted by molar-refractivity contribution is 4.81. The van der Waals surface area contributed by atoms with Gasteiger partial charge in [-0.3, -0.25) is 0 Å². The summed E-state index contributed by atoms with van der Waals surface area (Å²) in [6.45, 7) is 0. The Morgan fingerprint density at radius 3 is 1.00 bits per heavy atom. The standard InChI is InChI=1S/C3H4F4O4/c4-1(8,2(5,6)7)3(9,10)11/h8-11H. The molecule has 0 radical (unpaired) electrons. The van der Waals surface area contributed by atoms with Gasteiger partial charge in [-0.2, -0.15) is 17.6 Å². The number of aliphatic hydroxyl groups is 4. The third-order valence-electron chi connectivity index (χ3n) is 0.820. The number of hydrogen-bond acceptors (Lipinski definition) is 4. The van der Waals surface area contributed by atoms with Crippen LogP contribution in [0.1, 0.15) is 0 Å². The summed E-state index contributed by atoms with van der Waals surface area (Å²) < 4.78 is 45.5. The summed E-state index contributed by atoms with van der Waals surface area (Å²) in [6.07, 6.45) is -5.98. The van der Waals surface area contributed by atoms with Crippen LogP contribution in [-0.4, -0.2) is 38.4 Å². The Labute approximate surface area is 57.3 Å². The molecule has 4 N–H and O–H groups in total. The smallest absolute Gasteiger partial charge is 0.349 e. The largest absolute Gasteiger partial charge is 0.457 e. The molecule has 0 saturated heterocycles. The Balaban J connectivity index is 4.75. The Morgan fingerprint density at radius 1 is 0.727 bits per heavy atom. The molecule has 1 unspecified atom stereocenters. The van der Waals surface area contributed by atoms with Gasteiger partial charge in [0.1, 0.15) is 0 Å². The molecular weight excluding hydrogens is 176 g/mol. The van der Waals surface area contributed by atoms with Crippen molar-refractivity contribution in [1.29, 1.82) is 0 Å². The van der Waals surface area contributed by atoms with Gasteiger partial charge >= 0.3 is 18.0 Å². The van der Waals surface area contributed by atoms with E-state index in [0.29, 0.717) is 0 Å². The van der Waals surface area contributed by atoms with Gasteiger partial charge in [0, 0.05) is 0 Å². The van der Waals surface area contributed by atoms with Gasteiger partial charge in [-0.1, -0.05) is 0 Å². The van der Waals surface area contributed by atoms with E-state index >= 15 is 0 Å². The predicted octanol–water partition coefficient (Wildman–Crippen LogP) is -1.16. The van der Waals surface area contributed by atoms with E-state index in [-0.39, 0.29) is 0 Å². The molecule has 1 atom stereocenters. The number of halogens is 4. The molecule has 0 aliphatic heterocycles. The second kappa shape index (κ2) is 2.27. The van der Waals surface area contributed by atoms with E-state index in [1.54, 1.807) is 0 Å². The van der Waals surface area contributed by atoms with Crippen LogP contribution in [0.25, 0.3) is 0 Å². The van der Waals surface area contributed by atoms with E-state index in [1.807, 2.05) is 0 Å². The van der Waals surface area contributed by atoms with Gasteiger partial charge in [0.15, 0.2) is 0 Å². The predicted molar refractivity (Wildman–Crippen MR) is 21.5 cm³/mol. The molecule has 0 saturated carbocycles. The fraction of sp³-hybridized carbons (Fsp3) is 1.00. The van der Waals surface area contributed by atoms with Gasteiger partial charge in [0.05, 0.1) is 0 Å². The second-order valence-electron chi connectivity index (χ2n) is 1.76. The van der Waals surface area contributed by atoms with Gasteiger partial charge in [0.2, 0.25) is 0 Å². The molecule has 4 nitrogen and oxygen atoms in total. The summed E-state index contributed by atoms with van der Waals surface area (Å²) in [4.78, 5) is 0. The van der Waals surface area contributed by atoms with Crippen molar-refractivity contribution < 1.29 is 38.0 Å². The highest BCUT2D eigenvalue weighted by Crippen LogP contribution is 2.37. The molecule has 0 aliphatic carbocycles. The van der Waals surface area contributed by atoms with Gasteiger partial charge in [0.25, 0.3) is 0 Å². The summed E-state index contributed by atoms with van der Waals surface area (Å²) in [7, 11) is 0. The maximum Gasteiger partial charge on any atom is 0.457 e. The molecule has 0 aromatic heterocycles. The van der Waals surface area contributed by atoms with Crippen LogP contribution in [0.3, 0.4) is 0 Å². The van der Waals surface area contributed by atoms with E-state index < -0.39 is 18.0 Å². The maximum atomic E-state index is 11.8. The SMILES string of the molecule is OC(O)(O)C(O)(F)C(F)(F)F. The summed E-state index contributed by atoms with van der Waals surface area (Å²) in [5.74, 6) is -10.3. The Kier molecular flexibility index (Phi) is 2.18. The Hall–Kier alpha value is -0.440. The zero-order valence-electron chi connectivity index (χ0n) is 4.80. The monoisotopic (exact) mass is 180 g/mol. The minimum absolute atomic E-state index is 4.86. The molecule has 0 bridgehead atoms. The minimum atomic E-state index is -5.98. The summed E-state index contributed by atoms with van der Waals surface area (Å²) in [5, 5.41) is 30.6. The van der Waals surface area contributed by atoms with Crippen LogP contribution < -0.4 is 0 Å². The molecule has 0 aromatic rings. The molecule has 0 fully saturated rings. The Morgan fingerprint density at radius 2 is 1.00 bits per heavy atom. The zero-order valence-corrected chi connectivity index (χ0v) is 4.80. The molecule has 8 heteroatoms. The zero-order chi connectivity index (χ0) is 9.50. The van der Waals surface area contributed by atoms with E-state index in [1.165, 1.54) is 0 Å². The quantitative estimate of drug-likeness (QED) is 0.303. The van der Waals surface area contributed by atoms with Crippen molar-refractivity contribution in [3.8, 4) is 0 Å². The van der Waals surface area contributed by atoms with Crippen molar-refractivity contribution in [3.63, 3.8) is 0 Å². The van der Waals surface area contributed by atoms with Crippen molar-refractivity contribution in [2.75, 3.05) is 0 Å². The van der Waals surface area contributed by atoms with E-state index in [4.69, 9.17) is 20.4 Å². The van der Waals surface area contributed by atoms with E-state index in [2.05, 4.69) is 0 Å². The first-order chi connectivity index (χ1) is 4.50. The Bertz CT molecular complexity index is 128. The van der Waals surface area contributed by atoms with Gasteiger partial charge < -0.3 is 20.4 Å². The third kappa shape index (κ3) is 1.77. The lowest BCUT2D eigenvalue weighted by atomic mass is 10.2. The highest BCUT2D eigenvalue weighted by atomic mass is 19.4. The van der Waals surface area contributed by atoms with Crippen molar-refractivity contribution in [2.24, 2.45) is 0 Å². The summed E-state index contributed by atoms with van der Waals surface area (Å²) in [5.41, 5.74) is 0. The number of hydrogen-bond donors (Lipinski definition) is 4. The molecule has 68 valence electrons.